The van der Waals surface area contributed by atoms with E-state index in [-0.39, 0.29) is 10.8 Å². The van der Waals surface area contributed by atoms with Gasteiger partial charge in [-0.3, -0.25) is 0 Å². The van der Waals surface area contributed by atoms with Crippen LogP contribution < -0.4 is 5.14 Å². The first-order valence-corrected chi connectivity index (χ1v) is 4.04. The Morgan fingerprint density at radius 2 is 2.14 bits per heavy atom. The lowest BCUT2D eigenvalue weighted by molar-refractivity contribution is 0.612. The van der Waals surface area contributed by atoms with Crippen LogP contribution in [0.5, 0.6) is 0 Å². The fourth-order valence-electron chi connectivity index (χ4n) is 0.0519. The van der Waals surface area contributed by atoms with Gasteiger partial charge in [-0.2, -0.15) is 13.7 Å². The molecule has 0 aromatic rings. The van der Waals surface area contributed by atoms with Crippen molar-refractivity contribution in [1.29, 1.82) is 5.26 Å². The summed E-state index contributed by atoms with van der Waals surface area (Å²) in [5.41, 5.74) is 0. The molecular formula is CH2N2O2S2. The van der Waals surface area contributed by atoms with Crippen molar-refractivity contribution in [3.05, 3.63) is 0 Å². The van der Waals surface area contributed by atoms with E-state index in [4.69, 9.17) is 5.26 Å². The van der Waals surface area contributed by atoms with E-state index in [2.05, 4.69) is 5.14 Å². The van der Waals surface area contributed by atoms with E-state index in [0.717, 1.165) is 0 Å². The zero-order chi connectivity index (χ0) is 5.91. The van der Waals surface area contributed by atoms with Crippen molar-refractivity contribution in [3.8, 4) is 5.40 Å². The van der Waals surface area contributed by atoms with Gasteiger partial charge in [0.1, 0.15) is 10.8 Å². The molecule has 0 aromatic carbocycles. The van der Waals surface area contributed by atoms with Crippen LogP contribution in [0.2, 0.25) is 0 Å². The van der Waals surface area contributed by atoms with Gasteiger partial charge in [-0.05, 0) is 0 Å². The maximum atomic E-state index is 9.75. The quantitative estimate of drug-likeness (QED) is 0.387. The molecule has 0 aliphatic rings. The average molecular weight is 138 g/mol. The van der Waals surface area contributed by atoms with E-state index in [0.29, 0.717) is 0 Å². The van der Waals surface area contributed by atoms with E-state index in [1.165, 1.54) is 5.40 Å². The Hall–Kier alpha value is -0.250. The number of nitrogens with zero attached hydrogens (tertiary/aromatic N) is 1. The fourth-order valence-corrected chi connectivity index (χ4v) is 0.468. The molecule has 0 aliphatic heterocycles. The first-order valence-electron chi connectivity index (χ1n) is 1.16. The van der Waals surface area contributed by atoms with Gasteiger partial charge in [0.2, 0.25) is 0 Å². The lowest BCUT2D eigenvalue weighted by Crippen LogP contribution is -2.04. The third-order valence-corrected chi connectivity index (χ3v) is 1.38. The van der Waals surface area contributed by atoms with Crippen molar-refractivity contribution < 1.29 is 8.42 Å². The van der Waals surface area contributed by atoms with Crippen LogP contribution in [0.1, 0.15) is 0 Å². The van der Waals surface area contributed by atoms with Crippen LogP contribution >= 0.6 is 10.8 Å². The summed E-state index contributed by atoms with van der Waals surface area (Å²) in [6.07, 6.45) is 0. The van der Waals surface area contributed by atoms with Gasteiger partial charge < -0.3 is 0 Å². The normalized spacial score (nSPS) is 10.3. The molecule has 0 saturated carbocycles. The van der Waals surface area contributed by atoms with Crippen LogP contribution in [0.3, 0.4) is 0 Å². The van der Waals surface area contributed by atoms with Crippen LogP contribution in [-0.4, -0.2) is 8.42 Å². The predicted molar refractivity (Wildman–Crippen MR) is 26.3 cm³/mol. The highest BCUT2D eigenvalue weighted by molar-refractivity contribution is 8.73. The standard InChI is InChI=1S/CH2N2O2S2/c2-1-6-7(3,4)5/h(H2,3,4,5). The molecule has 0 heterocycles. The summed E-state index contributed by atoms with van der Waals surface area (Å²) in [4.78, 5) is 0. The highest BCUT2D eigenvalue weighted by atomic mass is 33.1. The summed E-state index contributed by atoms with van der Waals surface area (Å²) < 4.78 is 19.5. The average Bonchev–Trinajstić information content (AvgIpc) is 1.30. The fraction of sp³-hybridized carbons (Fsp3) is 0. The Bertz CT molecular complexity index is 174. The summed E-state index contributed by atoms with van der Waals surface area (Å²) in [7, 11) is -3.57. The van der Waals surface area contributed by atoms with Gasteiger partial charge in [0.05, 0.1) is 0 Å². The SMILES string of the molecule is N#CSS(N)(=O)=O. The number of nitrogens with two attached hydrogens (primary N) is 1. The number of nitriles is 1. The predicted octanol–water partition coefficient (Wildman–Crippen LogP) is -0.596. The lowest BCUT2D eigenvalue weighted by atomic mass is 11.8. The van der Waals surface area contributed by atoms with Gasteiger partial charge in [-0.1, -0.05) is 0 Å². The van der Waals surface area contributed by atoms with Crippen LogP contribution in [-0.2, 0) is 9.06 Å². The molecule has 40 valence electrons. The minimum atomic E-state index is -3.62. The number of thiocyanates is 1. The van der Waals surface area contributed by atoms with E-state index in [9.17, 15) is 8.42 Å². The number of hydrogen-bond acceptors (Lipinski definition) is 4. The Labute approximate surface area is 44.8 Å². The van der Waals surface area contributed by atoms with Crippen LogP contribution in [0.4, 0.5) is 0 Å². The number of rotatable bonds is 1. The maximum Gasteiger partial charge on any atom is 0.276 e. The molecule has 0 aromatic heterocycles. The molecule has 0 spiro atoms. The molecule has 6 heteroatoms. The van der Waals surface area contributed by atoms with Crippen molar-refractivity contribution >= 4 is 19.8 Å². The molecule has 0 radical (unpaired) electrons. The molecule has 0 aliphatic carbocycles. The Morgan fingerprint density at radius 1 is 1.71 bits per heavy atom. The molecule has 2 N–H and O–H groups in total. The van der Waals surface area contributed by atoms with Gasteiger partial charge in [-0.15, -0.1) is 0 Å². The summed E-state index contributed by atoms with van der Waals surface area (Å²) in [6.45, 7) is 0. The minimum Gasteiger partial charge on any atom is -0.219 e. The van der Waals surface area contributed by atoms with Crippen LogP contribution in [0.25, 0.3) is 0 Å². The minimum absolute atomic E-state index is 0.0440. The van der Waals surface area contributed by atoms with E-state index < -0.39 is 9.06 Å². The molecule has 0 fully saturated rings. The molecule has 0 rings (SSSR count). The highest BCUT2D eigenvalue weighted by Crippen LogP contribution is 2.00. The topological polar surface area (TPSA) is 83.9 Å². The van der Waals surface area contributed by atoms with Crippen molar-refractivity contribution in [3.63, 3.8) is 0 Å². The largest absolute Gasteiger partial charge is 0.276 e. The van der Waals surface area contributed by atoms with E-state index in [1.807, 2.05) is 0 Å². The van der Waals surface area contributed by atoms with Crippen molar-refractivity contribution in [2.24, 2.45) is 5.14 Å². The van der Waals surface area contributed by atoms with Crippen molar-refractivity contribution in [1.82, 2.24) is 0 Å². The van der Waals surface area contributed by atoms with Gasteiger partial charge in [0.15, 0.2) is 5.40 Å². The van der Waals surface area contributed by atoms with Crippen molar-refractivity contribution in [2.45, 2.75) is 0 Å². The third kappa shape index (κ3) is 5.75. The van der Waals surface area contributed by atoms with Gasteiger partial charge in [0, 0.05) is 0 Å². The zero-order valence-electron chi connectivity index (χ0n) is 3.16. The molecule has 0 bridgehead atoms. The molecule has 0 amide bonds. The first kappa shape index (κ1) is 6.75. The summed E-state index contributed by atoms with van der Waals surface area (Å²) in [6, 6.07) is 0. The molecule has 4 nitrogen and oxygen atoms in total. The first-order chi connectivity index (χ1) is 3.06. The van der Waals surface area contributed by atoms with Crippen LogP contribution in [0.15, 0.2) is 0 Å². The Balaban J connectivity index is 3.92. The molecule has 0 saturated heterocycles. The summed E-state index contributed by atoms with van der Waals surface area (Å²) in [5, 5.41) is 13.3. The third-order valence-electron chi connectivity index (χ3n) is 0.153. The molecular weight excluding hydrogens is 136 g/mol. The van der Waals surface area contributed by atoms with Crippen LogP contribution in [0, 0.1) is 10.7 Å². The molecule has 0 atom stereocenters. The summed E-state index contributed by atoms with van der Waals surface area (Å²) in [5.74, 6) is 0. The number of hydrogen-bond donors (Lipinski definition) is 1. The zero-order valence-corrected chi connectivity index (χ0v) is 4.79. The Kier molecular flexibility index (Phi) is 2.08. The lowest BCUT2D eigenvalue weighted by Gasteiger charge is -1.77. The van der Waals surface area contributed by atoms with Gasteiger partial charge in [-0.25, -0.2) is 5.14 Å². The van der Waals surface area contributed by atoms with Crippen molar-refractivity contribution in [2.75, 3.05) is 0 Å². The maximum absolute atomic E-state index is 9.75. The summed E-state index contributed by atoms with van der Waals surface area (Å²) >= 11 is 0. The van der Waals surface area contributed by atoms with Gasteiger partial charge >= 0.3 is 0 Å². The molecule has 7 heavy (non-hydrogen) atoms. The molecule has 0 unspecified atom stereocenters. The van der Waals surface area contributed by atoms with E-state index in [1.54, 1.807) is 0 Å². The van der Waals surface area contributed by atoms with Gasteiger partial charge in [0.25, 0.3) is 9.06 Å². The van der Waals surface area contributed by atoms with E-state index >= 15 is 0 Å². The second-order valence-electron chi connectivity index (χ2n) is 0.667. The second kappa shape index (κ2) is 2.16. The Morgan fingerprint density at radius 3 is 2.14 bits per heavy atom. The smallest absolute Gasteiger partial charge is 0.219 e. The highest BCUT2D eigenvalue weighted by Gasteiger charge is 1.98. The monoisotopic (exact) mass is 138 g/mol. The second-order valence-corrected chi connectivity index (χ2v) is 3.90.